The predicted molar refractivity (Wildman–Crippen MR) is 60.5 cm³/mol. The summed E-state index contributed by atoms with van der Waals surface area (Å²) in [6, 6.07) is 3.12. The fourth-order valence-corrected chi connectivity index (χ4v) is 1.42. The van der Waals surface area contributed by atoms with Crippen molar-refractivity contribution in [2.45, 2.75) is 6.92 Å². The van der Waals surface area contributed by atoms with E-state index in [0.717, 1.165) is 0 Å². The first-order valence-electron chi connectivity index (χ1n) is 4.89. The molecule has 1 aromatic carbocycles. The smallest absolute Gasteiger partial charge is 0.492 e. The maximum atomic E-state index is 9.17. The fourth-order valence-electron chi connectivity index (χ4n) is 1.42. The van der Waals surface area contributed by atoms with Gasteiger partial charge in [-0.3, -0.25) is 0 Å². The van der Waals surface area contributed by atoms with Crippen molar-refractivity contribution in [1.29, 1.82) is 0 Å². The minimum absolute atomic E-state index is 0.242. The molecule has 0 heterocycles. The van der Waals surface area contributed by atoms with Gasteiger partial charge < -0.3 is 24.3 Å². The predicted octanol–water partition coefficient (Wildman–Crippen LogP) is -0.218. The lowest BCUT2D eigenvalue weighted by molar-refractivity contribution is 0.288. The third-order valence-corrected chi connectivity index (χ3v) is 2.10. The first-order valence-corrected chi connectivity index (χ1v) is 4.89. The highest BCUT2D eigenvalue weighted by atomic mass is 16.5. The first kappa shape index (κ1) is 12.7. The Balaban J connectivity index is 3.31. The third kappa shape index (κ3) is 2.40. The van der Waals surface area contributed by atoms with Gasteiger partial charge in [-0.2, -0.15) is 0 Å². The van der Waals surface area contributed by atoms with E-state index in [2.05, 4.69) is 0 Å². The number of benzene rings is 1. The Kier molecular flexibility index (Phi) is 4.45. The molecule has 1 aromatic rings. The normalized spacial score (nSPS) is 9.81. The summed E-state index contributed by atoms with van der Waals surface area (Å²) in [6.07, 6.45) is 0. The highest BCUT2D eigenvalue weighted by Gasteiger charge is 2.23. The van der Waals surface area contributed by atoms with Crippen molar-refractivity contribution in [3.63, 3.8) is 0 Å². The quantitative estimate of drug-likeness (QED) is 0.679. The molecule has 0 saturated heterocycles. The van der Waals surface area contributed by atoms with Crippen molar-refractivity contribution in [3.8, 4) is 17.2 Å². The molecule has 0 aliphatic carbocycles. The van der Waals surface area contributed by atoms with Crippen LogP contribution < -0.4 is 19.7 Å². The van der Waals surface area contributed by atoms with Crippen molar-refractivity contribution in [2.24, 2.45) is 0 Å². The van der Waals surface area contributed by atoms with Crippen molar-refractivity contribution in [1.82, 2.24) is 0 Å². The zero-order chi connectivity index (χ0) is 12.1. The first-order chi connectivity index (χ1) is 7.65. The van der Waals surface area contributed by atoms with Crippen LogP contribution in [0.5, 0.6) is 17.2 Å². The minimum atomic E-state index is -1.61. The summed E-state index contributed by atoms with van der Waals surface area (Å²) in [5.74, 6) is 1.14. The SMILES string of the molecule is CCOc1c(OC)ccc(B(O)O)c1OC. The Bertz CT molecular complexity index is 353. The van der Waals surface area contributed by atoms with E-state index >= 15 is 0 Å². The van der Waals surface area contributed by atoms with Crippen LogP contribution in [-0.2, 0) is 0 Å². The second-order valence-corrected chi connectivity index (χ2v) is 3.03. The number of methoxy groups -OCH3 is 2. The summed E-state index contributed by atoms with van der Waals surface area (Å²) in [7, 11) is 1.33. The Hall–Kier alpha value is -1.40. The lowest BCUT2D eigenvalue weighted by Gasteiger charge is -2.16. The molecular weight excluding hydrogens is 211 g/mol. The average molecular weight is 226 g/mol. The summed E-state index contributed by atoms with van der Waals surface area (Å²) in [4.78, 5) is 0. The molecule has 0 atom stereocenters. The second kappa shape index (κ2) is 5.62. The molecule has 0 radical (unpaired) electrons. The van der Waals surface area contributed by atoms with Crippen LogP contribution in [0.2, 0.25) is 0 Å². The van der Waals surface area contributed by atoms with Crippen molar-refractivity contribution < 1.29 is 24.3 Å². The molecule has 0 amide bonds. The van der Waals surface area contributed by atoms with E-state index in [0.29, 0.717) is 18.1 Å². The molecule has 6 heteroatoms. The largest absolute Gasteiger partial charge is 0.493 e. The molecule has 0 saturated carbocycles. The van der Waals surface area contributed by atoms with Gasteiger partial charge in [-0.25, -0.2) is 0 Å². The van der Waals surface area contributed by atoms with Gasteiger partial charge in [-0.05, 0) is 13.0 Å². The summed E-state index contributed by atoms with van der Waals surface area (Å²) < 4.78 is 15.6. The highest BCUT2D eigenvalue weighted by Crippen LogP contribution is 2.35. The van der Waals surface area contributed by atoms with Crippen LogP contribution >= 0.6 is 0 Å². The standard InChI is InChI=1S/C10H15BO5/c1-4-16-10-8(14-2)6-5-7(11(12)13)9(10)15-3/h5-6,12-13H,4H2,1-3H3. The molecule has 5 nitrogen and oxygen atoms in total. The summed E-state index contributed by atoms with van der Waals surface area (Å²) in [5, 5.41) is 18.3. The highest BCUT2D eigenvalue weighted by molar-refractivity contribution is 6.59. The van der Waals surface area contributed by atoms with Gasteiger partial charge in [-0.1, -0.05) is 6.07 Å². The summed E-state index contributed by atoms with van der Waals surface area (Å²) in [6.45, 7) is 2.25. The molecule has 16 heavy (non-hydrogen) atoms. The summed E-state index contributed by atoms with van der Waals surface area (Å²) >= 11 is 0. The van der Waals surface area contributed by atoms with Gasteiger partial charge in [0.15, 0.2) is 11.5 Å². The Morgan fingerprint density at radius 2 is 1.81 bits per heavy atom. The molecule has 0 aliphatic rings. The molecule has 1 rings (SSSR count). The van der Waals surface area contributed by atoms with Crippen molar-refractivity contribution in [2.75, 3.05) is 20.8 Å². The molecule has 0 unspecified atom stereocenters. The number of rotatable bonds is 5. The van der Waals surface area contributed by atoms with E-state index < -0.39 is 7.12 Å². The molecule has 0 spiro atoms. The van der Waals surface area contributed by atoms with E-state index in [4.69, 9.17) is 14.2 Å². The van der Waals surface area contributed by atoms with E-state index in [-0.39, 0.29) is 11.2 Å². The van der Waals surface area contributed by atoms with E-state index in [9.17, 15) is 10.0 Å². The molecule has 2 N–H and O–H groups in total. The van der Waals surface area contributed by atoms with Gasteiger partial charge in [0.1, 0.15) is 0 Å². The number of ether oxygens (including phenoxy) is 3. The van der Waals surface area contributed by atoms with Crippen molar-refractivity contribution >= 4 is 12.6 Å². The van der Waals surface area contributed by atoms with E-state index in [1.807, 2.05) is 6.92 Å². The zero-order valence-electron chi connectivity index (χ0n) is 9.56. The lowest BCUT2D eigenvalue weighted by Crippen LogP contribution is -2.31. The Labute approximate surface area is 94.7 Å². The second-order valence-electron chi connectivity index (χ2n) is 3.03. The van der Waals surface area contributed by atoms with Crippen LogP contribution in [0, 0.1) is 0 Å². The summed E-state index contributed by atoms with van der Waals surface area (Å²) in [5.41, 5.74) is 0.242. The van der Waals surface area contributed by atoms with Gasteiger partial charge in [0.2, 0.25) is 5.75 Å². The van der Waals surface area contributed by atoms with E-state index in [1.54, 1.807) is 6.07 Å². The maximum absolute atomic E-state index is 9.17. The van der Waals surface area contributed by atoms with E-state index in [1.165, 1.54) is 20.3 Å². The molecule has 0 aliphatic heterocycles. The topological polar surface area (TPSA) is 68.2 Å². The molecular formula is C10H15BO5. The van der Waals surface area contributed by atoms with Crippen LogP contribution in [0.15, 0.2) is 12.1 Å². The van der Waals surface area contributed by atoms with Crippen LogP contribution in [0.25, 0.3) is 0 Å². The van der Waals surface area contributed by atoms with Gasteiger partial charge in [0, 0.05) is 5.46 Å². The third-order valence-electron chi connectivity index (χ3n) is 2.10. The fraction of sp³-hybridized carbons (Fsp3) is 0.400. The maximum Gasteiger partial charge on any atom is 0.492 e. The molecule has 88 valence electrons. The minimum Gasteiger partial charge on any atom is -0.493 e. The number of hydrogen-bond donors (Lipinski definition) is 2. The number of hydrogen-bond acceptors (Lipinski definition) is 5. The molecule has 0 fully saturated rings. The zero-order valence-corrected chi connectivity index (χ0v) is 9.56. The van der Waals surface area contributed by atoms with Crippen LogP contribution in [0.3, 0.4) is 0 Å². The van der Waals surface area contributed by atoms with Gasteiger partial charge >= 0.3 is 7.12 Å². The van der Waals surface area contributed by atoms with Gasteiger partial charge in [-0.15, -0.1) is 0 Å². The van der Waals surface area contributed by atoms with Crippen LogP contribution in [-0.4, -0.2) is 38.0 Å². The van der Waals surface area contributed by atoms with Gasteiger partial charge in [0.25, 0.3) is 0 Å². The lowest BCUT2D eigenvalue weighted by atomic mass is 9.79. The van der Waals surface area contributed by atoms with Crippen molar-refractivity contribution in [3.05, 3.63) is 12.1 Å². The Morgan fingerprint density at radius 1 is 1.12 bits per heavy atom. The average Bonchev–Trinajstić information content (AvgIpc) is 2.28. The molecule has 0 bridgehead atoms. The monoisotopic (exact) mass is 226 g/mol. The van der Waals surface area contributed by atoms with Gasteiger partial charge in [0.05, 0.1) is 20.8 Å². The van der Waals surface area contributed by atoms with Crippen LogP contribution in [0.1, 0.15) is 6.92 Å². The molecule has 0 aromatic heterocycles. The van der Waals surface area contributed by atoms with Crippen LogP contribution in [0.4, 0.5) is 0 Å². The Morgan fingerprint density at radius 3 is 2.25 bits per heavy atom.